The Hall–Kier alpha value is -0.540. The SMILES string of the molecule is C[C@H](NC(=O)CCCCCl)c1ccc(Br)cc1. The summed E-state index contributed by atoms with van der Waals surface area (Å²) < 4.78 is 1.04. The van der Waals surface area contributed by atoms with E-state index in [-0.39, 0.29) is 11.9 Å². The van der Waals surface area contributed by atoms with Crippen molar-refractivity contribution in [3.63, 3.8) is 0 Å². The zero-order chi connectivity index (χ0) is 12.7. The topological polar surface area (TPSA) is 29.1 Å². The summed E-state index contributed by atoms with van der Waals surface area (Å²) in [6.45, 7) is 1.99. The Labute approximate surface area is 116 Å². The Bertz CT molecular complexity index is 353. The number of carbonyl (C=O) groups excluding carboxylic acids is 1. The molecule has 1 atom stereocenters. The van der Waals surface area contributed by atoms with Gasteiger partial charge in [-0.3, -0.25) is 4.79 Å². The van der Waals surface area contributed by atoms with E-state index in [1.165, 1.54) is 0 Å². The molecule has 0 heterocycles. The van der Waals surface area contributed by atoms with Crippen LogP contribution in [0.15, 0.2) is 28.7 Å². The normalized spacial score (nSPS) is 12.2. The highest BCUT2D eigenvalue weighted by Crippen LogP contribution is 2.16. The van der Waals surface area contributed by atoms with Crippen LogP contribution in [0, 0.1) is 0 Å². The summed E-state index contributed by atoms with van der Waals surface area (Å²) in [6, 6.07) is 8.02. The van der Waals surface area contributed by atoms with E-state index in [1.54, 1.807) is 0 Å². The van der Waals surface area contributed by atoms with Crippen LogP contribution in [0.3, 0.4) is 0 Å². The summed E-state index contributed by atoms with van der Waals surface area (Å²) in [5.74, 6) is 0.709. The molecule has 1 N–H and O–H groups in total. The summed E-state index contributed by atoms with van der Waals surface area (Å²) in [4.78, 5) is 11.6. The van der Waals surface area contributed by atoms with Crippen LogP contribution in [0.25, 0.3) is 0 Å². The highest BCUT2D eigenvalue weighted by Gasteiger charge is 2.08. The van der Waals surface area contributed by atoms with Gasteiger partial charge in [0.25, 0.3) is 0 Å². The van der Waals surface area contributed by atoms with Gasteiger partial charge in [-0.2, -0.15) is 0 Å². The van der Waals surface area contributed by atoms with E-state index >= 15 is 0 Å². The Morgan fingerprint density at radius 3 is 2.59 bits per heavy atom. The van der Waals surface area contributed by atoms with Gasteiger partial charge >= 0.3 is 0 Å². The molecule has 94 valence electrons. The molecule has 0 saturated carbocycles. The van der Waals surface area contributed by atoms with Crippen LogP contribution in [0.2, 0.25) is 0 Å². The third kappa shape index (κ3) is 5.55. The van der Waals surface area contributed by atoms with E-state index in [0.717, 1.165) is 22.9 Å². The molecule has 0 aromatic heterocycles. The molecular weight excluding hydrogens is 302 g/mol. The number of hydrogen-bond donors (Lipinski definition) is 1. The van der Waals surface area contributed by atoms with E-state index in [9.17, 15) is 4.79 Å². The van der Waals surface area contributed by atoms with E-state index in [2.05, 4.69) is 21.2 Å². The molecule has 0 fully saturated rings. The molecule has 1 amide bonds. The maximum absolute atomic E-state index is 11.6. The zero-order valence-electron chi connectivity index (χ0n) is 9.88. The molecule has 17 heavy (non-hydrogen) atoms. The van der Waals surface area contributed by atoms with Crippen LogP contribution in [-0.2, 0) is 4.79 Å². The van der Waals surface area contributed by atoms with Crippen molar-refractivity contribution in [1.82, 2.24) is 5.32 Å². The average molecular weight is 319 g/mol. The largest absolute Gasteiger partial charge is 0.350 e. The summed E-state index contributed by atoms with van der Waals surface area (Å²) in [6.07, 6.45) is 2.29. The van der Waals surface area contributed by atoms with E-state index in [1.807, 2.05) is 31.2 Å². The number of alkyl halides is 1. The van der Waals surface area contributed by atoms with Crippen molar-refractivity contribution in [2.45, 2.75) is 32.2 Å². The molecule has 1 aromatic carbocycles. The van der Waals surface area contributed by atoms with Gasteiger partial charge in [-0.1, -0.05) is 28.1 Å². The maximum Gasteiger partial charge on any atom is 0.220 e. The third-order valence-corrected chi connectivity index (χ3v) is 3.33. The lowest BCUT2D eigenvalue weighted by molar-refractivity contribution is -0.121. The molecule has 1 rings (SSSR count). The summed E-state index contributed by atoms with van der Waals surface area (Å²) in [5.41, 5.74) is 1.11. The first kappa shape index (κ1) is 14.5. The lowest BCUT2D eigenvalue weighted by Gasteiger charge is -2.14. The molecule has 0 aliphatic carbocycles. The number of halogens is 2. The Balaban J connectivity index is 2.40. The molecule has 2 nitrogen and oxygen atoms in total. The molecule has 0 unspecified atom stereocenters. The van der Waals surface area contributed by atoms with Crippen LogP contribution in [-0.4, -0.2) is 11.8 Å². The number of rotatable bonds is 6. The molecular formula is C13H17BrClNO. The van der Waals surface area contributed by atoms with Crippen LogP contribution < -0.4 is 5.32 Å². The van der Waals surface area contributed by atoms with Crippen molar-refractivity contribution in [3.05, 3.63) is 34.3 Å². The predicted octanol–water partition coefficient (Wildman–Crippen LogP) is 4.04. The molecule has 0 spiro atoms. The molecule has 0 radical (unpaired) electrons. The fourth-order valence-electron chi connectivity index (χ4n) is 1.53. The summed E-state index contributed by atoms with van der Waals surface area (Å²) in [5, 5.41) is 2.98. The molecule has 4 heteroatoms. The lowest BCUT2D eigenvalue weighted by Crippen LogP contribution is -2.26. The summed E-state index contributed by atoms with van der Waals surface area (Å²) in [7, 11) is 0. The monoisotopic (exact) mass is 317 g/mol. The minimum absolute atomic E-state index is 0.0478. The van der Waals surface area contributed by atoms with E-state index in [4.69, 9.17) is 11.6 Å². The van der Waals surface area contributed by atoms with Crippen LogP contribution in [0.5, 0.6) is 0 Å². The van der Waals surface area contributed by atoms with Gasteiger partial charge in [0.05, 0.1) is 6.04 Å². The standard InChI is InChI=1S/C13H17BrClNO/c1-10(11-5-7-12(14)8-6-11)16-13(17)4-2-3-9-15/h5-8,10H,2-4,9H2,1H3,(H,16,17)/t10-/m0/s1. The maximum atomic E-state index is 11.6. The van der Waals surface area contributed by atoms with Gasteiger partial charge in [-0.25, -0.2) is 0 Å². The minimum Gasteiger partial charge on any atom is -0.350 e. The number of carbonyl (C=O) groups is 1. The smallest absolute Gasteiger partial charge is 0.220 e. The minimum atomic E-state index is 0.0478. The Morgan fingerprint density at radius 2 is 2.00 bits per heavy atom. The van der Waals surface area contributed by atoms with Crippen LogP contribution in [0.1, 0.15) is 37.8 Å². The highest BCUT2D eigenvalue weighted by molar-refractivity contribution is 9.10. The van der Waals surface area contributed by atoms with E-state index < -0.39 is 0 Å². The van der Waals surface area contributed by atoms with Crippen molar-refractivity contribution >= 4 is 33.4 Å². The van der Waals surface area contributed by atoms with Gasteiger partial charge in [-0.05, 0) is 37.5 Å². The number of amides is 1. The fraction of sp³-hybridized carbons (Fsp3) is 0.462. The number of benzene rings is 1. The number of nitrogens with one attached hydrogen (secondary N) is 1. The van der Waals surface area contributed by atoms with Gasteiger partial charge in [0.2, 0.25) is 5.91 Å². The van der Waals surface area contributed by atoms with Crippen molar-refractivity contribution in [2.75, 3.05) is 5.88 Å². The second-order valence-corrected chi connectivity index (χ2v) is 5.28. The van der Waals surface area contributed by atoms with Gasteiger partial charge < -0.3 is 5.32 Å². The van der Waals surface area contributed by atoms with Gasteiger partial charge in [0.1, 0.15) is 0 Å². The molecule has 0 aliphatic heterocycles. The van der Waals surface area contributed by atoms with E-state index in [0.29, 0.717) is 12.3 Å². The second kappa shape index (κ2) is 7.72. The second-order valence-electron chi connectivity index (χ2n) is 3.99. The van der Waals surface area contributed by atoms with Gasteiger partial charge in [0, 0.05) is 16.8 Å². The van der Waals surface area contributed by atoms with Crippen molar-refractivity contribution < 1.29 is 4.79 Å². The lowest BCUT2D eigenvalue weighted by atomic mass is 10.1. The first-order valence-corrected chi connectivity index (χ1v) is 7.07. The molecule has 0 aliphatic rings. The molecule has 0 saturated heterocycles. The number of hydrogen-bond acceptors (Lipinski definition) is 1. The van der Waals surface area contributed by atoms with Crippen molar-refractivity contribution in [1.29, 1.82) is 0 Å². The Morgan fingerprint density at radius 1 is 1.35 bits per heavy atom. The van der Waals surface area contributed by atoms with Crippen molar-refractivity contribution in [3.8, 4) is 0 Å². The average Bonchev–Trinajstić information content (AvgIpc) is 2.30. The van der Waals surface area contributed by atoms with Crippen LogP contribution >= 0.6 is 27.5 Å². The highest BCUT2D eigenvalue weighted by atomic mass is 79.9. The van der Waals surface area contributed by atoms with Gasteiger partial charge in [-0.15, -0.1) is 11.6 Å². The predicted molar refractivity (Wildman–Crippen MR) is 75.3 cm³/mol. The quantitative estimate of drug-likeness (QED) is 0.622. The molecule has 1 aromatic rings. The first-order chi connectivity index (χ1) is 8.13. The molecule has 0 bridgehead atoms. The zero-order valence-corrected chi connectivity index (χ0v) is 12.2. The van der Waals surface area contributed by atoms with Crippen molar-refractivity contribution in [2.24, 2.45) is 0 Å². The first-order valence-electron chi connectivity index (χ1n) is 5.74. The number of unbranched alkanes of at least 4 members (excludes halogenated alkanes) is 1. The van der Waals surface area contributed by atoms with Crippen LogP contribution in [0.4, 0.5) is 0 Å². The fourth-order valence-corrected chi connectivity index (χ4v) is 1.98. The Kier molecular flexibility index (Phi) is 6.60. The van der Waals surface area contributed by atoms with Gasteiger partial charge in [0.15, 0.2) is 0 Å². The third-order valence-electron chi connectivity index (χ3n) is 2.53. The summed E-state index contributed by atoms with van der Waals surface area (Å²) >= 11 is 8.95.